The number of hydrogen-bond acceptors (Lipinski definition) is 6. The minimum atomic E-state index is -0.658. The van der Waals surface area contributed by atoms with Gasteiger partial charge in [-0.1, -0.05) is 23.7 Å². The lowest BCUT2D eigenvalue weighted by Gasteiger charge is -2.22. The molecule has 1 atom stereocenters. The van der Waals surface area contributed by atoms with Gasteiger partial charge < -0.3 is 9.15 Å². The lowest BCUT2D eigenvalue weighted by Crippen LogP contribution is -2.29. The average molecular weight is 439 g/mol. The molecule has 1 aliphatic rings. The van der Waals surface area contributed by atoms with Gasteiger partial charge in [-0.2, -0.15) is 0 Å². The Hall–Kier alpha value is -3.16. The normalized spacial score (nSPS) is 15.6. The lowest BCUT2D eigenvalue weighted by molar-refractivity contribution is 0.0971. The molecule has 1 aliphatic heterocycles. The summed E-state index contributed by atoms with van der Waals surface area (Å²) < 4.78 is 11.4. The van der Waals surface area contributed by atoms with Crippen molar-refractivity contribution in [1.29, 1.82) is 0 Å². The molecular formula is C22H15ClN2O4S. The molecule has 0 saturated heterocycles. The number of fused-ring (bicyclic) bond motifs is 2. The number of carbonyl (C=O) groups excluding carboxylic acids is 1. The van der Waals surface area contributed by atoms with E-state index in [2.05, 4.69) is 4.98 Å². The van der Waals surface area contributed by atoms with E-state index in [1.165, 1.54) is 16.2 Å². The van der Waals surface area contributed by atoms with Crippen molar-refractivity contribution in [1.82, 2.24) is 4.98 Å². The summed E-state index contributed by atoms with van der Waals surface area (Å²) in [5.41, 5.74) is 1.09. The third-order valence-electron chi connectivity index (χ3n) is 4.96. The van der Waals surface area contributed by atoms with Gasteiger partial charge in [-0.05, 0) is 42.8 Å². The van der Waals surface area contributed by atoms with E-state index in [9.17, 15) is 9.59 Å². The Kier molecular flexibility index (Phi) is 4.56. The molecule has 5 rings (SSSR count). The van der Waals surface area contributed by atoms with Crippen LogP contribution in [0.15, 0.2) is 63.3 Å². The van der Waals surface area contributed by atoms with Crippen molar-refractivity contribution in [3.05, 3.63) is 86.2 Å². The standard InChI is InChI=1S/C22H15ClN2O4S/c1-2-28-14-6-3-12(4-7-14)18-17-19(26)15-11-13(23)5-8-16(15)29-20(17)21(27)25(18)22-24-9-10-30-22/h3-11,18H,2H2,1H3/t18-/m0/s1. The van der Waals surface area contributed by atoms with Crippen LogP contribution in [-0.4, -0.2) is 17.5 Å². The first-order valence-electron chi connectivity index (χ1n) is 9.30. The first-order chi connectivity index (χ1) is 14.6. The number of rotatable bonds is 4. The topological polar surface area (TPSA) is 72.6 Å². The minimum absolute atomic E-state index is 0.0314. The highest BCUT2D eigenvalue weighted by atomic mass is 35.5. The van der Waals surface area contributed by atoms with Gasteiger partial charge in [0.05, 0.1) is 23.6 Å². The van der Waals surface area contributed by atoms with Crippen molar-refractivity contribution in [2.75, 3.05) is 11.5 Å². The van der Waals surface area contributed by atoms with Crippen LogP contribution >= 0.6 is 22.9 Å². The van der Waals surface area contributed by atoms with Crippen LogP contribution in [-0.2, 0) is 0 Å². The highest BCUT2D eigenvalue weighted by molar-refractivity contribution is 7.13. The Morgan fingerprint density at radius 3 is 2.70 bits per heavy atom. The number of amides is 1. The lowest BCUT2D eigenvalue weighted by atomic mass is 9.98. The Labute approximate surface area is 180 Å². The second-order valence-electron chi connectivity index (χ2n) is 6.71. The highest BCUT2D eigenvalue weighted by Gasteiger charge is 2.44. The maximum absolute atomic E-state index is 13.4. The molecule has 8 heteroatoms. The summed E-state index contributed by atoms with van der Waals surface area (Å²) in [6, 6.07) is 11.5. The second kappa shape index (κ2) is 7.27. The number of thiazole rings is 1. The molecule has 4 aromatic rings. The van der Waals surface area contributed by atoms with Gasteiger partial charge in [0.25, 0.3) is 5.91 Å². The van der Waals surface area contributed by atoms with Crippen LogP contribution in [0.3, 0.4) is 0 Å². The number of anilines is 1. The van der Waals surface area contributed by atoms with E-state index in [4.69, 9.17) is 20.8 Å². The Balaban J connectivity index is 1.76. The van der Waals surface area contributed by atoms with E-state index in [0.717, 1.165) is 5.56 Å². The smallest absolute Gasteiger partial charge is 0.297 e. The maximum atomic E-state index is 13.4. The van der Waals surface area contributed by atoms with Gasteiger partial charge in [0, 0.05) is 16.6 Å². The molecule has 3 heterocycles. The molecule has 0 bridgehead atoms. The van der Waals surface area contributed by atoms with Crippen molar-refractivity contribution in [2.45, 2.75) is 13.0 Å². The molecule has 0 saturated carbocycles. The van der Waals surface area contributed by atoms with Crippen LogP contribution < -0.4 is 15.1 Å². The molecule has 0 N–H and O–H groups in total. The van der Waals surface area contributed by atoms with Crippen LogP contribution in [0.5, 0.6) is 5.75 Å². The maximum Gasteiger partial charge on any atom is 0.297 e. The zero-order chi connectivity index (χ0) is 20.8. The quantitative estimate of drug-likeness (QED) is 0.445. The van der Waals surface area contributed by atoms with E-state index in [1.54, 1.807) is 29.8 Å². The molecule has 6 nitrogen and oxygen atoms in total. The molecule has 2 aromatic carbocycles. The van der Waals surface area contributed by atoms with Gasteiger partial charge in [-0.3, -0.25) is 14.5 Å². The van der Waals surface area contributed by atoms with Gasteiger partial charge in [0.1, 0.15) is 11.3 Å². The molecule has 30 heavy (non-hydrogen) atoms. The largest absolute Gasteiger partial charge is 0.494 e. The van der Waals surface area contributed by atoms with Crippen LogP contribution in [0.25, 0.3) is 11.0 Å². The van der Waals surface area contributed by atoms with Crippen LogP contribution in [0.2, 0.25) is 5.02 Å². The van der Waals surface area contributed by atoms with E-state index in [0.29, 0.717) is 33.5 Å². The van der Waals surface area contributed by atoms with E-state index < -0.39 is 11.9 Å². The van der Waals surface area contributed by atoms with Crippen molar-refractivity contribution in [2.24, 2.45) is 0 Å². The summed E-state index contributed by atoms with van der Waals surface area (Å²) in [5, 5.41) is 3.04. The number of benzene rings is 2. The number of halogens is 1. The zero-order valence-corrected chi connectivity index (χ0v) is 17.4. The molecule has 0 radical (unpaired) electrons. The van der Waals surface area contributed by atoms with Crippen molar-refractivity contribution in [3.8, 4) is 5.75 Å². The summed E-state index contributed by atoms with van der Waals surface area (Å²) in [4.78, 5) is 32.6. The molecule has 0 spiro atoms. The molecule has 0 fully saturated rings. The molecule has 1 amide bonds. The molecule has 2 aromatic heterocycles. The fourth-order valence-corrected chi connectivity index (χ4v) is 4.54. The van der Waals surface area contributed by atoms with Gasteiger partial charge >= 0.3 is 0 Å². The minimum Gasteiger partial charge on any atom is -0.494 e. The van der Waals surface area contributed by atoms with Crippen molar-refractivity contribution in [3.63, 3.8) is 0 Å². The SMILES string of the molecule is CCOc1ccc([C@H]2c3c(oc4ccc(Cl)cc4c3=O)C(=O)N2c2nccs2)cc1. The van der Waals surface area contributed by atoms with Gasteiger partial charge in [-0.25, -0.2) is 4.98 Å². The summed E-state index contributed by atoms with van der Waals surface area (Å²) in [5.74, 6) is 0.348. The number of hydrogen-bond donors (Lipinski definition) is 0. The Morgan fingerprint density at radius 1 is 1.20 bits per heavy atom. The monoisotopic (exact) mass is 438 g/mol. The third-order valence-corrected chi connectivity index (χ3v) is 5.97. The van der Waals surface area contributed by atoms with Crippen LogP contribution in [0.4, 0.5) is 5.13 Å². The number of nitrogens with zero attached hydrogens (tertiary/aromatic N) is 2. The number of ether oxygens (including phenoxy) is 1. The molecule has 0 unspecified atom stereocenters. The van der Waals surface area contributed by atoms with Crippen molar-refractivity contribution >= 4 is 44.9 Å². The van der Waals surface area contributed by atoms with E-state index in [-0.39, 0.29) is 16.8 Å². The predicted molar refractivity (Wildman–Crippen MR) is 116 cm³/mol. The average Bonchev–Trinajstić information content (AvgIpc) is 3.36. The first-order valence-corrected chi connectivity index (χ1v) is 10.6. The zero-order valence-electron chi connectivity index (χ0n) is 15.8. The molecule has 150 valence electrons. The second-order valence-corrected chi connectivity index (χ2v) is 8.02. The van der Waals surface area contributed by atoms with Gasteiger partial charge in [-0.15, -0.1) is 11.3 Å². The number of aromatic nitrogens is 1. The molecule has 0 aliphatic carbocycles. The Bertz CT molecular complexity index is 1320. The van der Waals surface area contributed by atoms with Crippen LogP contribution in [0.1, 0.15) is 34.6 Å². The first kappa shape index (κ1) is 18.8. The summed E-state index contributed by atoms with van der Waals surface area (Å²) >= 11 is 7.42. The fraction of sp³-hybridized carbons (Fsp3) is 0.136. The fourth-order valence-electron chi connectivity index (χ4n) is 3.71. The van der Waals surface area contributed by atoms with E-state index in [1.807, 2.05) is 31.2 Å². The predicted octanol–water partition coefficient (Wildman–Crippen LogP) is 5.05. The van der Waals surface area contributed by atoms with Gasteiger partial charge in [0.15, 0.2) is 10.6 Å². The summed E-state index contributed by atoms with van der Waals surface area (Å²) in [7, 11) is 0. The van der Waals surface area contributed by atoms with Crippen LogP contribution in [0, 0.1) is 0 Å². The highest BCUT2D eigenvalue weighted by Crippen LogP contribution is 2.42. The van der Waals surface area contributed by atoms with Crippen molar-refractivity contribution < 1.29 is 13.9 Å². The number of carbonyl (C=O) groups is 1. The van der Waals surface area contributed by atoms with Gasteiger partial charge in [0.2, 0.25) is 5.76 Å². The third kappa shape index (κ3) is 2.89. The summed E-state index contributed by atoms with van der Waals surface area (Å²) in [6.07, 6.45) is 1.62. The molecular weight excluding hydrogens is 424 g/mol. The summed E-state index contributed by atoms with van der Waals surface area (Å²) in [6.45, 7) is 2.46. The Morgan fingerprint density at radius 2 is 2.00 bits per heavy atom. The van der Waals surface area contributed by atoms with E-state index >= 15 is 0 Å².